The Hall–Kier alpha value is 2.47. The monoisotopic (exact) mass is 271 g/mol. The Morgan fingerprint density at radius 2 is 1.85 bits per heavy atom. The van der Waals surface area contributed by atoms with E-state index in [1.165, 1.54) is 12.1 Å². The molecule has 0 bridgehead atoms. The minimum atomic E-state index is -1.18. The molecule has 0 amide bonds. The zero-order valence-electron chi connectivity index (χ0n) is 5.21. The van der Waals surface area contributed by atoms with Crippen molar-refractivity contribution >= 4 is 132 Å². The molecule has 1 heterocycles. The molecule has 0 saturated carbocycles. The first-order valence-electron chi connectivity index (χ1n) is 2.66. The fourth-order valence-corrected chi connectivity index (χ4v) is 0.902. The van der Waals surface area contributed by atoms with Crippen molar-refractivity contribution in [3.63, 3.8) is 0 Å². The summed E-state index contributed by atoms with van der Waals surface area (Å²) in [5.74, 6) is -1.18. The number of nitrogens with zero attached hydrogens (tertiary/aromatic N) is 1. The number of carboxylic acid groups (broad SMARTS) is 1. The van der Waals surface area contributed by atoms with E-state index in [0.717, 1.165) is 0 Å². The summed E-state index contributed by atoms with van der Waals surface area (Å²) in [5.41, 5.74) is -0.223. The van der Waals surface area contributed by atoms with E-state index in [0.29, 0.717) is 0 Å². The van der Waals surface area contributed by atoms with Crippen molar-refractivity contribution in [3.05, 3.63) is 28.0 Å². The molecule has 7 heteroatoms. The summed E-state index contributed by atoms with van der Waals surface area (Å²) < 4.78 is 0. The fourth-order valence-electron chi connectivity index (χ4n) is 0.568. The Kier molecular flexibility index (Phi) is 11.8. The molecule has 1 aromatic rings. The van der Waals surface area contributed by atoms with Crippen molar-refractivity contribution in [1.82, 2.24) is 4.98 Å². The predicted octanol–water partition coefficient (Wildman–Crippen LogP) is 0.790. The van der Waals surface area contributed by atoms with Gasteiger partial charge >= 0.3 is 109 Å². The molecule has 0 radical (unpaired) electrons. The van der Waals surface area contributed by atoms with E-state index in [4.69, 9.17) is 28.3 Å². The molecule has 0 aliphatic rings. The number of carboxylic acids is 1. The summed E-state index contributed by atoms with van der Waals surface area (Å²) >= 11 is 10.9. The second-order valence-corrected chi connectivity index (χ2v) is 2.56. The van der Waals surface area contributed by atoms with E-state index >= 15 is 0 Å². The van der Waals surface area contributed by atoms with E-state index in [1.807, 2.05) is 0 Å². The molecule has 1 rings (SSSR count). The fraction of sp³-hybridized carbons (Fsp3) is 0. The second-order valence-electron chi connectivity index (χ2n) is 1.77. The summed E-state index contributed by atoms with van der Waals surface area (Å²) in [7, 11) is 0. The molecule has 0 spiro atoms. The first kappa shape index (κ1) is 17.9. The normalized spacial score (nSPS) is 8.15. The molecule has 1 aromatic heterocycles. The molecule has 0 aliphatic heterocycles. The average Bonchev–Trinajstić information content (AvgIpc) is 1.94. The van der Waals surface area contributed by atoms with Gasteiger partial charge in [-0.1, -0.05) is 23.2 Å². The molecule has 1 N–H and O–H groups in total. The summed E-state index contributed by atoms with van der Waals surface area (Å²) in [5, 5.41) is 8.69. The molecule has 0 aromatic carbocycles. The van der Waals surface area contributed by atoms with E-state index in [1.54, 1.807) is 0 Å². The third-order valence-corrected chi connectivity index (χ3v) is 1.53. The van der Waals surface area contributed by atoms with Gasteiger partial charge in [0.25, 0.3) is 0 Å². The van der Waals surface area contributed by atoms with Crippen molar-refractivity contribution in [2.24, 2.45) is 0 Å². The van der Waals surface area contributed by atoms with Gasteiger partial charge in [-0.25, -0.2) is 9.78 Å². The Balaban J connectivity index is 0. The van der Waals surface area contributed by atoms with Gasteiger partial charge in [-0.2, -0.15) is 0 Å². The molecule has 0 fully saturated rings. The van der Waals surface area contributed by atoms with Gasteiger partial charge in [-0.05, 0) is 12.1 Å². The van der Waals surface area contributed by atoms with Crippen LogP contribution in [0.25, 0.3) is 0 Å². The van der Waals surface area contributed by atoms with Crippen LogP contribution in [0.2, 0.25) is 10.2 Å². The first-order chi connectivity index (χ1) is 5.11. The Bertz CT molecular complexity index is 309. The summed E-state index contributed by atoms with van der Waals surface area (Å²) in [4.78, 5) is 13.9. The van der Waals surface area contributed by atoms with Crippen LogP contribution in [0.3, 0.4) is 0 Å². The van der Waals surface area contributed by atoms with Gasteiger partial charge in [0.2, 0.25) is 0 Å². The van der Waals surface area contributed by atoms with Gasteiger partial charge in [0.05, 0.1) is 5.02 Å². The topological polar surface area (TPSA) is 50.2 Å². The third-order valence-electron chi connectivity index (χ3n) is 1.01. The maximum absolute atomic E-state index is 10.4. The SMILES string of the molecule is O=C(O)c1nc(Cl)ccc1Cl.[KH].[KH]. The third kappa shape index (κ3) is 5.94. The van der Waals surface area contributed by atoms with Crippen LogP contribution < -0.4 is 0 Å². The van der Waals surface area contributed by atoms with Crippen LogP contribution in [0.15, 0.2) is 12.1 Å². The molecule has 3 nitrogen and oxygen atoms in total. The van der Waals surface area contributed by atoms with Gasteiger partial charge in [-0.3, -0.25) is 0 Å². The second kappa shape index (κ2) is 8.60. The van der Waals surface area contributed by atoms with Crippen molar-refractivity contribution in [1.29, 1.82) is 0 Å². The number of aromatic carboxylic acids is 1. The van der Waals surface area contributed by atoms with Gasteiger partial charge in [0.1, 0.15) is 5.15 Å². The van der Waals surface area contributed by atoms with E-state index in [2.05, 4.69) is 4.98 Å². The minimum absolute atomic E-state index is 0. The Morgan fingerprint density at radius 1 is 1.31 bits per heavy atom. The number of pyridine rings is 1. The van der Waals surface area contributed by atoms with Gasteiger partial charge in [-0.15, -0.1) is 0 Å². The van der Waals surface area contributed by atoms with Crippen LogP contribution in [-0.4, -0.2) is 119 Å². The molecule has 0 unspecified atom stereocenters. The molecular formula is C6H5Cl2K2NO2. The van der Waals surface area contributed by atoms with Crippen molar-refractivity contribution in [3.8, 4) is 0 Å². The van der Waals surface area contributed by atoms with Crippen molar-refractivity contribution in [2.45, 2.75) is 0 Å². The maximum atomic E-state index is 10.4. The molecule has 0 saturated heterocycles. The molecule has 0 atom stereocenters. The van der Waals surface area contributed by atoms with Gasteiger partial charge in [0, 0.05) is 0 Å². The molecular weight excluding hydrogens is 267 g/mol. The van der Waals surface area contributed by atoms with Crippen LogP contribution in [0, 0.1) is 0 Å². The number of hydrogen-bond acceptors (Lipinski definition) is 2. The summed E-state index contributed by atoms with van der Waals surface area (Å²) in [6.45, 7) is 0. The van der Waals surface area contributed by atoms with E-state index in [-0.39, 0.29) is 119 Å². The number of halogens is 2. The molecule has 13 heavy (non-hydrogen) atoms. The standard InChI is InChI=1S/C6H3Cl2NO2.2K.2H/c7-3-1-2-4(8)9-5(3)6(10)11;;;;/h1-2H,(H,10,11);;;;. The van der Waals surface area contributed by atoms with Gasteiger partial charge in [0.15, 0.2) is 5.69 Å². The van der Waals surface area contributed by atoms with Crippen LogP contribution in [0.4, 0.5) is 0 Å². The number of rotatable bonds is 1. The quantitative estimate of drug-likeness (QED) is 0.607. The van der Waals surface area contributed by atoms with Crippen LogP contribution in [0.1, 0.15) is 10.5 Å². The average molecular weight is 272 g/mol. The van der Waals surface area contributed by atoms with Crippen molar-refractivity contribution in [2.75, 3.05) is 0 Å². The zero-order valence-corrected chi connectivity index (χ0v) is 6.73. The van der Waals surface area contributed by atoms with E-state index < -0.39 is 5.97 Å². The van der Waals surface area contributed by atoms with Gasteiger partial charge < -0.3 is 5.11 Å². The van der Waals surface area contributed by atoms with Crippen molar-refractivity contribution < 1.29 is 9.90 Å². The Labute approximate surface area is 170 Å². The molecule has 0 aliphatic carbocycles. The number of hydrogen-bond donors (Lipinski definition) is 1. The summed E-state index contributed by atoms with van der Waals surface area (Å²) in [6.07, 6.45) is 0. The number of carbonyl (C=O) groups is 1. The van der Waals surface area contributed by atoms with Crippen LogP contribution in [-0.2, 0) is 0 Å². The predicted molar refractivity (Wildman–Crippen MR) is 55.5 cm³/mol. The van der Waals surface area contributed by atoms with Crippen LogP contribution >= 0.6 is 23.2 Å². The zero-order chi connectivity index (χ0) is 8.43. The van der Waals surface area contributed by atoms with Crippen LogP contribution in [0.5, 0.6) is 0 Å². The number of aromatic nitrogens is 1. The summed E-state index contributed by atoms with van der Waals surface area (Å²) in [6, 6.07) is 2.82. The first-order valence-corrected chi connectivity index (χ1v) is 3.42. The van der Waals surface area contributed by atoms with E-state index in [9.17, 15) is 4.79 Å². The molecule has 62 valence electrons. The Morgan fingerprint density at radius 3 is 2.23 bits per heavy atom.